The molecule has 0 heterocycles. The van der Waals surface area contributed by atoms with Crippen LogP contribution < -0.4 is 10.2 Å². The van der Waals surface area contributed by atoms with E-state index in [0.717, 1.165) is 116 Å². The molecule has 0 saturated carbocycles. The first kappa shape index (κ1) is 81.9. The lowest BCUT2D eigenvalue weighted by Gasteiger charge is -2.30. The molecule has 0 saturated heterocycles. The fourth-order valence-electron chi connectivity index (χ4n) is 9.98. The van der Waals surface area contributed by atoms with Crippen LogP contribution in [0, 0.1) is 0 Å². The third-order valence-electron chi connectivity index (χ3n) is 15.5. The molecule has 3 atom stereocenters. The van der Waals surface area contributed by atoms with Gasteiger partial charge in [-0.25, -0.2) is 0 Å². The van der Waals surface area contributed by atoms with Gasteiger partial charge in [0.1, 0.15) is 19.3 Å². The number of phosphoric acid groups is 1. The van der Waals surface area contributed by atoms with E-state index in [2.05, 4.69) is 111 Å². The molecule has 0 fully saturated rings. The van der Waals surface area contributed by atoms with Crippen LogP contribution in [0.3, 0.4) is 0 Å². The first-order chi connectivity index (χ1) is 41.4. The van der Waals surface area contributed by atoms with Crippen LogP contribution in [0.25, 0.3) is 0 Å². The number of allylic oxidation sites excluding steroid dienone is 15. The molecule has 492 valence electrons. The fourth-order valence-corrected chi connectivity index (χ4v) is 10.7. The van der Waals surface area contributed by atoms with Crippen LogP contribution in [-0.2, 0) is 27.9 Å². The van der Waals surface area contributed by atoms with E-state index < -0.39 is 26.6 Å². The normalized spacial score (nSPS) is 14.1. The molecule has 85 heavy (non-hydrogen) atoms. The zero-order valence-electron chi connectivity index (χ0n) is 56.3. The molecule has 1 N–H and O–H groups in total. The molecule has 0 aliphatic heterocycles. The van der Waals surface area contributed by atoms with Gasteiger partial charge < -0.3 is 28.5 Å². The van der Waals surface area contributed by atoms with Crippen LogP contribution in [0.15, 0.2) is 97.2 Å². The number of hydrogen-bond acceptors (Lipinski definition) is 7. The van der Waals surface area contributed by atoms with Crippen molar-refractivity contribution in [1.29, 1.82) is 0 Å². The highest BCUT2D eigenvalue weighted by molar-refractivity contribution is 7.45. The molecule has 0 aromatic heterocycles. The number of rotatable bonds is 64. The molecule has 0 rings (SSSR count). The van der Waals surface area contributed by atoms with E-state index in [4.69, 9.17) is 13.8 Å². The van der Waals surface area contributed by atoms with Gasteiger partial charge in [-0.05, 0) is 115 Å². The Kier molecular flexibility index (Phi) is 61.6. The van der Waals surface area contributed by atoms with Gasteiger partial charge in [0.15, 0.2) is 0 Å². The van der Waals surface area contributed by atoms with E-state index in [-0.39, 0.29) is 24.9 Å². The number of amides is 1. The largest absolute Gasteiger partial charge is 0.756 e. The Morgan fingerprint density at radius 2 is 0.718 bits per heavy atom. The molecule has 9 nitrogen and oxygen atoms in total. The highest BCUT2D eigenvalue weighted by Gasteiger charge is 2.27. The summed E-state index contributed by atoms with van der Waals surface area (Å²) in [6.45, 7) is 6.80. The Morgan fingerprint density at radius 1 is 0.412 bits per heavy atom. The summed E-state index contributed by atoms with van der Waals surface area (Å²) in [7, 11) is 1.17. The highest BCUT2D eigenvalue weighted by atomic mass is 31.2. The minimum Gasteiger partial charge on any atom is -0.756 e. The molecule has 10 heteroatoms. The van der Waals surface area contributed by atoms with Gasteiger partial charge in [0.25, 0.3) is 7.82 Å². The van der Waals surface area contributed by atoms with Gasteiger partial charge in [-0.1, -0.05) is 285 Å². The van der Waals surface area contributed by atoms with Gasteiger partial charge in [0.05, 0.1) is 33.8 Å². The summed E-state index contributed by atoms with van der Waals surface area (Å²) in [5.74, 6) is -0.554. The zero-order chi connectivity index (χ0) is 62.1. The Balaban J connectivity index is 5.17. The summed E-state index contributed by atoms with van der Waals surface area (Å²) in [5.41, 5.74) is 0. The summed E-state index contributed by atoms with van der Waals surface area (Å²) >= 11 is 0. The van der Waals surface area contributed by atoms with Crippen LogP contribution >= 0.6 is 7.82 Å². The molecular weight excluding hydrogens is 1070 g/mol. The van der Waals surface area contributed by atoms with E-state index in [0.29, 0.717) is 17.4 Å². The topological polar surface area (TPSA) is 114 Å². The summed E-state index contributed by atoms with van der Waals surface area (Å²) < 4.78 is 30.5. The lowest BCUT2D eigenvalue weighted by molar-refractivity contribution is -0.870. The lowest BCUT2D eigenvalue weighted by atomic mass is 10.0. The van der Waals surface area contributed by atoms with Crippen LogP contribution in [0.4, 0.5) is 0 Å². The Morgan fingerprint density at radius 3 is 1.09 bits per heavy atom. The molecule has 0 aromatic carbocycles. The summed E-state index contributed by atoms with van der Waals surface area (Å²) in [6.07, 6.45) is 86.6. The van der Waals surface area contributed by atoms with Gasteiger partial charge in [0.2, 0.25) is 5.91 Å². The number of nitrogens with zero attached hydrogens (tertiary/aromatic N) is 1. The number of carbonyl (C=O) groups excluding carboxylic acids is 2. The van der Waals surface area contributed by atoms with Crippen molar-refractivity contribution in [2.45, 2.75) is 328 Å². The quantitative estimate of drug-likeness (QED) is 0.0212. The van der Waals surface area contributed by atoms with Crippen molar-refractivity contribution in [3.63, 3.8) is 0 Å². The average molecular weight is 1210 g/mol. The first-order valence-corrected chi connectivity index (χ1v) is 37.0. The van der Waals surface area contributed by atoms with Crippen molar-refractivity contribution in [2.75, 3.05) is 40.9 Å². The second kappa shape index (κ2) is 63.9. The smallest absolute Gasteiger partial charge is 0.306 e. The number of carbonyl (C=O) groups is 2. The minimum atomic E-state index is -4.71. The maximum absolute atomic E-state index is 13.6. The van der Waals surface area contributed by atoms with E-state index in [1.54, 1.807) is 0 Å². The van der Waals surface area contributed by atoms with Crippen molar-refractivity contribution in [3.05, 3.63) is 97.2 Å². The maximum atomic E-state index is 13.6. The van der Waals surface area contributed by atoms with Crippen molar-refractivity contribution >= 4 is 19.7 Å². The first-order valence-electron chi connectivity index (χ1n) is 35.5. The summed E-state index contributed by atoms with van der Waals surface area (Å²) in [4.78, 5) is 40.2. The second-order valence-corrected chi connectivity index (χ2v) is 26.4. The highest BCUT2D eigenvalue weighted by Crippen LogP contribution is 2.38. The van der Waals surface area contributed by atoms with Crippen molar-refractivity contribution in [3.8, 4) is 0 Å². The monoisotopic (exact) mass is 1210 g/mol. The van der Waals surface area contributed by atoms with Crippen LogP contribution in [0.2, 0.25) is 0 Å². The SMILES string of the molecule is CCCCC/C=C\C/C=C\C/C=C\C/C=C\CCCCCCCCCC(=O)NC(COP(=O)([O-])OCC[N+](C)(C)C)C(/C=C/CCCCCCCCCCCCC)OC(=O)CCCCCCCCCCCC/C=C\C/C=C\C/C=C\CCCCC. The van der Waals surface area contributed by atoms with Gasteiger partial charge in [-0.3, -0.25) is 14.2 Å². The minimum absolute atomic E-state index is 0.0290. The number of unbranched alkanes of at least 4 members (excludes halogenated alkanes) is 34. The Labute approximate surface area is 526 Å². The third kappa shape index (κ3) is 65.2. The van der Waals surface area contributed by atoms with Gasteiger partial charge in [-0.2, -0.15) is 0 Å². The van der Waals surface area contributed by atoms with Crippen LogP contribution in [0.5, 0.6) is 0 Å². The number of likely N-dealkylation sites (N-methyl/N-ethyl adjacent to an activating group) is 1. The van der Waals surface area contributed by atoms with Gasteiger partial charge in [0, 0.05) is 12.8 Å². The molecule has 0 radical (unpaired) electrons. The standard InChI is InChI=1S/C75H135N2O7P/c1-7-10-13-16-19-22-25-28-30-32-34-36-38-40-42-44-46-49-52-55-58-61-64-67-74(78)76-72(71-83-85(80,81)82-70-69-77(4,5)6)73(66-63-60-57-54-51-48-27-24-21-18-15-12-9-3)84-75(79)68-65-62-59-56-53-50-47-45-43-41-39-37-35-33-31-29-26-23-20-17-14-11-8-2/h19-20,22-23,28-31,34-37,40,42,63,66,72-73H,7-18,21,24-27,32-33,38-39,41,43-62,64-65,67-71H2,1-6H3,(H-,76,78,80,81)/b22-19-,23-20-,30-28-,31-29-,36-34-,37-35-,42-40-,66-63+. The van der Waals surface area contributed by atoms with Crippen molar-refractivity contribution < 1.29 is 37.3 Å². The van der Waals surface area contributed by atoms with Gasteiger partial charge in [-0.15, -0.1) is 0 Å². The van der Waals surface area contributed by atoms with Crippen molar-refractivity contribution in [1.82, 2.24) is 5.32 Å². The summed E-state index contributed by atoms with van der Waals surface area (Å²) in [5, 5.41) is 3.04. The molecule has 0 bridgehead atoms. The molecule has 0 aliphatic carbocycles. The number of ether oxygens (including phenoxy) is 1. The van der Waals surface area contributed by atoms with E-state index in [1.807, 2.05) is 33.3 Å². The predicted octanol–water partition coefficient (Wildman–Crippen LogP) is 22.0. The lowest BCUT2D eigenvalue weighted by Crippen LogP contribution is -2.47. The summed E-state index contributed by atoms with van der Waals surface area (Å²) in [6, 6.07) is -0.903. The number of esters is 1. The molecule has 0 aliphatic rings. The molecule has 1 amide bonds. The number of nitrogens with one attached hydrogen (secondary N) is 1. The van der Waals surface area contributed by atoms with E-state index >= 15 is 0 Å². The zero-order valence-corrected chi connectivity index (χ0v) is 57.2. The number of quaternary nitrogens is 1. The van der Waals surface area contributed by atoms with E-state index in [9.17, 15) is 19.0 Å². The third-order valence-corrected chi connectivity index (χ3v) is 16.5. The number of phosphoric ester groups is 1. The van der Waals surface area contributed by atoms with Crippen molar-refractivity contribution in [2.24, 2.45) is 0 Å². The molecular formula is C75H135N2O7P. The van der Waals surface area contributed by atoms with Gasteiger partial charge >= 0.3 is 5.97 Å². The molecule has 3 unspecified atom stereocenters. The predicted molar refractivity (Wildman–Crippen MR) is 367 cm³/mol. The Bertz CT molecular complexity index is 1780. The Hall–Kier alpha value is -3.07. The van der Waals surface area contributed by atoms with Crippen LogP contribution in [0.1, 0.15) is 316 Å². The molecule has 0 aromatic rings. The average Bonchev–Trinajstić information content (AvgIpc) is 3.52. The van der Waals surface area contributed by atoms with Crippen LogP contribution in [-0.4, -0.2) is 69.4 Å². The van der Waals surface area contributed by atoms with E-state index in [1.165, 1.54) is 167 Å². The fraction of sp³-hybridized carbons (Fsp3) is 0.760. The molecule has 0 spiro atoms. The number of hydrogen-bond donors (Lipinski definition) is 1. The second-order valence-electron chi connectivity index (χ2n) is 25.0. The maximum Gasteiger partial charge on any atom is 0.306 e.